The van der Waals surface area contributed by atoms with Crippen molar-refractivity contribution >= 4 is 14.0 Å². The van der Waals surface area contributed by atoms with E-state index in [9.17, 15) is 9.36 Å². The number of hydrogen-bond acceptors (Lipinski definition) is 2. The smallest absolute Gasteiger partial charge is 0.253 e. The summed E-state index contributed by atoms with van der Waals surface area (Å²) in [5, 5.41) is 0. The van der Waals surface area contributed by atoms with Gasteiger partial charge in [-0.3, -0.25) is 9.36 Å². The predicted octanol–water partition coefficient (Wildman–Crippen LogP) is 3.04. The van der Waals surface area contributed by atoms with Crippen molar-refractivity contribution in [2.75, 3.05) is 0 Å². The van der Waals surface area contributed by atoms with E-state index in [4.69, 9.17) is 0 Å². The van der Waals surface area contributed by atoms with E-state index in [0.717, 1.165) is 16.7 Å². The molecule has 0 aliphatic carbocycles. The number of carbonyl (C=O) groups is 1. The van der Waals surface area contributed by atoms with Crippen LogP contribution in [0.5, 0.6) is 0 Å². The first kappa shape index (κ1) is 10.1. The van der Waals surface area contributed by atoms with Crippen LogP contribution in [0.1, 0.15) is 27.0 Å². The van der Waals surface area contributed by atoms with Gasteiger partial charge >= 0.3 is 0 Å². The quantitative estimate of drug-likeness (QED) is 0.678. The molecule has 0 heterocycles. The van der Waals surface area contributed by atoms with Gasteiger partial charge in [-0.15, -0.1) is 0 Å². The molecule has 1 aromatic rings. The Morgan fingerprint density at radius 1 is 1.08 bits per heavy atom. The lowest BCUT2D eigenvalue weighted by atomic mass is 10.0. The summed E-state index contributed by atoms with van der Waals surface area (Å²) in [5.74, 6) is 0. The summed E-state index contributed by atoms with van der Waals surface area (Å²) < 4.78 is 10.4. The molecular weight excluding hydrogens is 183 g/mol. The second kappa shape index (κ2) is 3.80. The summed E-state index contributed by atoms with van der Waals surface area (Å²) >= 11 is 0. The van der Waals surface area contributed by atoms with Gasteiger partial charge in [-0.1, -0.05) is 6.07 Å². The molecule has 0 aliphatic rings. The molecule has 0 saturated carbocycles. The van der Waals surface area contributed by atoms with Gasteiger partial charge in [0.05, 0.1) is 0 Å². The van der Waals surface area contributed by atoms with Gasteiger partial charge in [0.25, 0.3) is 5.52 Å². The third-order valence-corrected chi connectivity index (χ3v) is 2.56. The van der Waals surface area contributed by atoms with Crippen LogP contribution in [0.15, 0.2) is 12.1 Å². The zero-order valence-corrected chi connectivity index (χ0v) is 8.81. The SMILES string of the molecule is Cc1cc(C)c(C(=O)P=O)cc1C. The van der Waals surface area contributed by atoms with Crippen molar-refractivity contribution < 1.29 is 9.36 Å². The molecular formula is C10H11O2P. The van der Waals surface area contributed by atoms with Crippen LogP contribution in [0, 0.1) is 20.8 Å². The van der Waals surface area contributed by atoms with Crippen molar-refractivity contribution in [2.45, 2.75) is 20.8 Å². The van der Waals surface area contributed by atoms with E-state index < -0.39 is 8.46 Å². The Kier molecular flexibility index (Phi) is 2.94. The Bertz CT molecular complexity index is 369. The highest BCUT2D eigenvalue weighted by Crippen LogP contribution is 2.19. The summed E-state index contributed by atoms with van der Waals surface area (Å²) in [5.41, 5.74) is 3.30. The van der Waals surface area contributed by atoms with Gasteiger partial charge in [-0.05, 0) is 43.5 Å². The monoisotopic (exact) mass is 194 g/mol. The molecule has 0 amide bonds. The Morgan fingerprint density at radius 2 is 1.62 bits per heavy atom. The Balaban J connectivity index is 3.31. The Hall–Kier alpha value is -1.01. The van der Waals surface area contributed by atoms with Crippen LogP contribution in [0.4, 0.5) is 0 Å². The minimum atomic E-state index is -0.436. The maximum atomic E-state index is 11.2. The van der Waals surface area contributed by atoms with E-state index >= 15 is 0 Å². The molecule has 13 heavy (non-hydrogen) atoms. The first-order valence-corrected chi connectivity index (χ1v) is 4.83. The van der Waals surface area contributed by atoms with Crippen molar-refractivity contribution in [1.29, 1.82) is 0 Å². The average Bonchev–Trinajstić information content (AvgIpc) is 2.10. The molecule has 1 aromatic carbocycles. The molecule has 0 radical (unpaired) electrons. The lowest BCUT2D eigenvalue weighted by molar-refractivity contribution is 0.108. The number of aryl methyl sites for hydroxylation is 3. The Morgan fingerprint density at radius 3 is 2.15 bits per heavy atom. The fourth-order valence-corrected chi connectivity index (χ4v) is 1.58. The van der Waals surface area contributed by atoms with Gasteiger partial charge in [-0.2, -0.15) is 0 Å². The molecule has 1 rings (SSSR count). The fourth-order valence-electron chi connectivity index (χ4n) is 1.24. The zero-order chi connectivity index (χ0) is 10.0. The highest BCUT2D eigenvalue weighted by molar-refractivity contribution is 7.47. The van der Waals surface area contributed by atoms with E-state index in [0.29, 0.717) is 5.56 Å². The zero-order valence-electron chi connectivity index (χ0n) is 7.92. The average molecular weight is 194 g/mol. The third-order valence-electron chi connectivity index (χ3n) is 2.15. The lowest BCUT2D eigenvalue weighted by Crippen LogP contribution is -1.96. The van der Waals surface area contributed by atoms with Crippen LogP contribution in [-0.4, -0.2) is 5.52 Å². The van der Waals surface area contributed by atoms with Crippen molar-refractivity contribution in [1.82, 2.24) is 0 Å². The van der Waals surface area contributed by atoms with E-state index in [1.807, 2.05) is 26.8 Å². The normalized spacial score (nSPS) is 10.4. The summed E-state index contributed by atoms with van der Waals surface area (Å²) in [6.07, 6.45) is 0. The van der Waals surface area contributed by atoms with Gasteiger partial charge in [0.1, 0.15) is 0 Å². The summed E-state index contributed by atoms with van der Waals surface area (Å²) in [7, 11) is -0.436. The highest BCUT2D eigenvalue weighted by atomic mass is 31.1. The Labute approximate surface area is 79.2 Å². The van der Waals surface area contributed by atoms with Crippen molar-refractivity contribution in [3.63, 3.8) is 0 Å². The molecule has 0 unspecified atom stereocenters. The maximum absolute atomic E-state index is 11.2. The molecule has 0 bridgehead atoms. The van der Waals surface area contributed by atoms with Crippen LogP contribution < -0.4 is 0 Å². The summed E-state index contributed by atoms with van der Waals surface area (Å²) in [6, 6.07) is 3.73. The molecule has 0 spiro atoms. The molecule has 3 heteroatoms. The second-order valence-electron chi connectivity index (χ2n) is 3.15. The third kappa shape index (κ3) is 2.02. The fraction of sp³-hybridized carbons (Fsp3) is 0.300. The summed E-state index contributed by atoms with van der Waals surface area (Å²) in [4.78, 5) is 11.2. The highest BCUT2D eigenvalue weighted by Gasteiger charge is 2.09. The minimum absolute atomic E-state index is 0.347. The molecule has 0 fully saturated rings. The van der Waals surface area contributed by atoms with Gasteiger partial charge in [0.2, 0.25) is 8.46 Å². The molecule has 2 nitrogen and oxygen atoms in total. The maximum Gasteiger partial charge on any atom is 0.253 e. The van der Waals surface area contributed by atoms with Crippen LogP contribution in [-0.2, 0) is 4.57 Å². The standard InChI is InChI=1S/C10H11O2P/c1-6-4-8(3)9(5-7(6)2)10(11)13-12/h4-5H,1-3H3. The molecule has 68 valence electrons. The van der Waals surface area contributed by atoms with E-state index in [2.05, 4.69) is 0 Å². The largest absolute Gasteiger partial charge is 0.280 e. The molecule has 0 aromatic heterocycles. The first-order valence-electron chi connectivity index (χ1n) is 4.02. The van der Waals surface area contributed by atoms with Crippen LogP contribution in [0.2, 0.25) is 0 Å². The molecule has 0 saturated heterocycles. The van der Waals surface area contributed by atoms with Gasteiger partial charge < -0.3 is 0 Å². The lowest BCUT2D eigenvalue weighted by Gasteiger charge is -2.05. The van der Waals surface area contributed by atoms with E-state index in [1.165, 1.54) is 0 Å². The number of benzene rings is 1. The van der Waals surface area contributed by atoms with Crippen LogP contribution in [0.3, 0.4) is 0 Å². The van der Waals surface area contributed by atoms with Crippen LogP contribution in [0.25, 0.3) is 0 Å². The number of carbonyl (C=O) groups excluding carboxylic acids is 1. The molecule has 0 aliphatic heterocycles. The number of hydrogen-bond donors (Lipinski definition) is 0. The first-order chi connectivity index (χ1) is 6.06. The van der Waals surface area contributed by atoms with E-state index in [-0.39, 0.29) is 5.52 Å². The minimum Gasteiger partial charge on any atom is -0.280 e. The van der Waals surface area contributed by atoms with Crippen molar-refractivity contribution in [3.8, 4) is 0 Å². The van der Waals surface area contributed by atoms with Gasteiger partial charge in [0, 0.05) is 5.56 Å². The van der Waals surface area contributed by atoms with Gasteiger partial charge in [0.15, 0.2) is 0 Å². The van der Waals surface area contributed by atoms with Crippen LogP contribution >= 0.6 is 8.46 Å². The molecule has 0 N–H and O–H groups in total. The number of rotatable bonds is 2. The molecule has 0 atom stereocenters. The summed E-state index contributed by atoms with van der Waals surface area (Å²) in [6.45, 7) is 5.78. The topological polar surface area (TPSA) is 34.1 Å². The predicted molar refractivity (Wildman–Crippen MR) is 52.6 cm³/mol. The van der Waals surface area contributed by atoms with Crippen molar-refractivity contribution in [3.05, 3.63) is 34.4 Å². The second-order valence-corrected chi connectivity index (χ2v) is 3.74. The van der Waals surface area contributed by atoms with E-state index in [1.54, 1.807) is 6.07 Å². The van der Waals surface area contributed by atoms with Gasteiger partial charge in [-0.25, -0.2) is 0 Å². The van der Waals surface area contributed by atoms with Crippen molar-refractivity contribution in [2.24, 2.45) is 0 Å².